The molecule has 4 nitrogen and oxygen atoms in total. The minimum absolute atomic E-state index is 0.0236. The summed E-state index contributed by atoms with van der Waals surface area (Å²) in [6.45, 7) is 6.48. The number of fused-ring (bicyclic) bond motifs is 4. The number of piperidine rings is 1. The van der Waals surface area contributed by atoms with Gasteiger partial charge in [-0.2, -0.15) is 0 Å². The van der Waals surface area contributed by atoms with Gasteiger partial charge in [-0.05, 0) is 49.4 Å². The van der Waals surface area contributed by atoms with E-state index < -0.39 is 0 Å². The van der Waals surface area contributed by atoms with E-state index in [1.54, 1.807) is 6.07 Å². The van der Waals surface area contributed by atoms with E-state index in [1.165, 1.54) is 25.0 Å². The summed E-state index contributed by atoms with van der Waals surface area (Å²) in [6, 6.07) is 6.86. The molecule has 0 unspecified atom stereocenters. The second-order valence-corrected chi connectivity index (χ2v) is 6.79. The Morgan fingerprint density at radius 1 is 1.30 bits per heavy atom. The normalized spacial score (nSPS) is 24.5. The van der Waals surface area contributed by atoms with Gasteiger partial charge < -0.3 is 10.2 Å². The molecule has 3 heterocycles. The van der Waals surface area contributed by atoms with Crippen molar-refractivity contribution in [3.8, 4) is 0 Å². The number of carbonyl (C=O) groups is 1. The van der Waals surface area contributed by atoms with Crippen molar-refractivity contribution in [3.05, 3.63) is 35.6 Å². The fraction of sp³-hybridized carbons (Fsp3) is 0.611. The number of urea groups is 1. The van der Waals surface area contributed by atoms with Crippen molar-refractivity contribution in [3.63, 3.8) is 0 Å². The average Bonchev–Trinajstić information content (AvgIpc) is 2.85. The first kappa shape index (κ1) is 16.2. The van der Waals surface area contributed by atoms with Gasteiger partial charge in [0.05, 0.1) is 0 Å². The zero-order chi connectivity index (χ0) is 16.2. The first-order chi connectivity index (χ1) is 11.2. The lowest BCUT2D eigenvalue weighted by Gasteiger charge is -2.35. The van der Waals surface area contributed by atoms with Gasteiger partial charge in [-0.25, -0.2) is 9.18 Å². The van der Waals surface area contributed by atoms with E-state index in [0.717, 1.165) is 38.2 Å². The largest absolute Gasteiger partial charge is 0.334 e. The maximum Gasteiger partial charge on any atom is 0.317 e. The van der Waals surface area contributed by atoms with Crippen molar-refractivity contribution < 1.29 is 9.18 Å². The van der Waals surface area contributed by atoms with E-state index >= 15 is 0 Å². The van der Waals surface area contributed by atoms with Gasteiger partial charge in [0.25, 0.3) is 0 Å². The summed E-state index contributed by atoms with van der Waals surface area (Å²) in [5, 5.41) is 2.94. The lowest BCUT2D eigenvalue weighted by atomic mass is 9.95. The van der Waals surface area contributed by atoms with E-state index in [0.29, 0.717) is 18.5 Å². The highest BCUT2D eigenvalue weighted by Crippen LogP contribution is 2.28. The van der Waals surface area contributed by atoms with Gasteiger partial charge in [0.15, 0.2) is 0 Å². The molecule has 2 atom stereocenters. The molecule has 3 fully saturated rings. The number of nitrogens with zero attached hydrogens (tertiary/aromatic N) is 2. The number of hydrogen-bond donors (Lipinski definition) is 1. The molecule has 3 aliphatic heterocycles. The summed E-state index contributed by atoms with van der Waals surface area (Å²) in [5.41, 5.74) is 0.795. The molecule has 0 aromatic heterocycles. The summed E-state index contributed by atoms with van der Waals surface area (Å²) in [5.74, 6) is 0.319. The molecule has 0 aliphatic carbocycles. The monoisotopic (exact) mass is 319 g/mol. The molecule has 1 aromatic rings. The van der Waals surface area contributed by atoms with Crippen LogP contribution in [0, 0.1) is 11.7 Å². The topological polar surface area (TPSA) is 35.6 Å². The summed E-state index contributed by atoms with van der Waals surface area (Å²) in [4.78, 5) is 17.0. The van der Waals surface area contributed by atoms with Crippen LogP contribution in [-0.4, -0.2) is 48.1 Å². The highest BCUT2D eigenvalue weighted by atomic mass is 19.1. The number of rotatable bonds is 4. The van der Waals surface area contributed by atoms with E-state index in [-0.39, 0.29) is 11.8 Å². The van der Waals surface area contributed by atoms with Crippen LogP contribution in [-0.2, 0) is 6.54 Å². The Hall–Kier alpha value is -1.62. The van der Waals surface area contributed by atoms with Gasteiger partial charge in [-0.15, -0.1) is 0 Å². The third-order valence-corrected chi connectivity index (χ3v) is 4.96. The molecule has 3 aliphatic rings. The Morgan fingerprint density at radius 3 is 2.96 bits per heavy atom. The second-order valence-electron chi connectivity index (χ2n) is 6.79. The minimum atomic E-state index is -0.264. The highest BCUT2D eigenvalue weighted by molar-refractivity contribution is 5.74. The zero-order valence-corrected chi connectivity index (χ0v) is 13.8. The van der Waals surface area contributed by atoms with Crippen LogP contribution in [0.2, 0.25) is 0 Å². The van der Waals surface area contributed by atoms with Gasteiger partial charge in [-0.3, -0.25) is 4.90 Å². The van der Waals surface area contributed by atoms with E-state index in [1.807, 2.05) is 11.0 Å². The molecule has 4 rings (SSSR count). The van der Waals surface area contributed by atoms with E-state index in [4.69, 9.17) is 0 Å². The second kappa shape index (κ2) is 7.30. The third kappa shape index (κ3) is 4.02. The standard InChI is InChI=1S/C18H26FN3O/c1-2-8-21-11-15-6-7-17(21)13-22(12-15)18(23)20-10-14-4-3-5-16(19)9-14/h3-5,9,15,17H,2,6-8,10-13H2,1H3,(H,20,23)/t15-,17-/m0/s1. The van der Waals surface area contributed by atoms with Crippen LogP contribution in [0.1, 0.15) is 31.7 Å². The van der Waals surface area contributed by atoms with Gasteiger partial charge >= 0.3 is 6.03 Å². The smallest absolute Gasteiger partial charge is 0.317 e. The molecule has 1 aromatic carbocycles. The first-order valence-corrected chi connectivity index (χ1v) is 8.67. The molecule has 0 saturated carbocycles. The summed E-state index contributed by atoms with van der Waals surface area (Å²) in [7, 11) is 0. The Labute approximate surface area is 137 Å². The van der Waals surface area contributed by atoms with Gasteiger partial charge in [0, 0.05) is 32.2 Å². The van der Waals surface area contributed by atoms with Gasteiger partial charge in [0.2, 0.25) is 0 Å². The van der Waals surface area contributed by atoms with Gasteiger partial charge in [0.1, 0.15) is 5.82 Å². The first-order valence-electron chi connectivity index (χ1n) is 8.67. The van der Waals surface area contributed by atoms with Crippen LogP contribution in [0.15, 0.2) is 24.3 Å². The number of halogens is 1. The molecule has 126 valence electrons. The fourth-order valence-electron chi connectivity index (χ4n) is 3.84. The molecule has 23 heavy (non-hydrogen) atoms. The zero-order valence-electron chi connectivity index (χ0n) is 13.8. The van der Waals surface area contributed by atoms with Crippen molar-refractivity contribution in [2.24, 2.45) is 5.92 Å². The molecular formula is C18H26FN3O. The van der Waals surface area contributed by atoms with Crippen LogP contribution in [0.4, 0.5) is 9.18 Å². The Balaban J connectivity index is 1.57. The van der Waals surface area contributed by atoms with Crippen molar-refractivity contribution >= 4 is 6.03 Å². The molecular weight excluding hydrogens is 293 g/mol. The van der Waals surface area contributed by atoms with Crippen LogP contribution < -0.4 is 5.32 Å². The maximum absolute atomic E-state index is 13.2. The van der Waals surface area contributed by atoms with Crippen molar-refractivity contribution in [2.45, 2.75) is 38.8 Å². The Kier molecular flexibility index (Phi) is 5.16. The Bertz CT molecular complexity index is 551. The van der Waals surface area contributed by atoms with Crippen molar-refractivity contribution in [1.82, 2.24) is 15.1 Å². The molecule has 0 radical (unpaired) electrons. The molecule has 1 N–H and O–H groups in total. The summed E-state index contributed by atoms with van der Waals surface area (Å²) in [6.07, 6.45) is 3.58. The lowest BCUT2D eigenvalue weighted by molar-refractivity contribution is 0.132. The number of carbonyl (C=O) groups excluding carboxylic acids is 1. The number of benzene rings is 1. The third-order valence-electron chi connectivity index (χ3n) is 4.96. The molecule has 3 saturated heterocycles. The van der Waals surface area contributed by atoms with E-state index in [2.05, 4.69) is 17.1 Å². The van der Waals surface area contributed by atoms with Crippen LogP contribution in [0.5, 0.6) is 0 Å². The molecule has 0 spiro atoms. The maximum atomic E-state index is 13.2. The predicted molar refractivity (Wildman–Crippen MR) is 88.6 cm³/mol. The SMILES string of the molecule is CCCN1C[C@@H]2CC[C@H]1CN(C(=O)NCc1cccc(F)c1)C2. The van der Waals surface area contributed by atoms with Crippen LogP contribution >= 0.6 is 0 Å². The van der Waals surface area contributed by atoms with Crippen LogP contribution in [0.3, 0.4) is 0 Å². The van der Waals surface area contributed by atoms with Crippen LogP contribution in [0.25, 0.3) is 0 Å². The average molecular weight is 319 g/mol. The molecule has 2 bridgehead atoms. The highest BCUT2D eigenvalue weighted by Gasteiger charge is 2.35. The fourth-order valence-corrected chi connectivity index (χ4v) is 3.84. The quantitative estimate of drug-likeness (QED) is 0.926. The lowest BCUT2D eigenvalue weighted by Crippen LogP contribution is -2.46. The summed E-state index contributed by atoms with van der Waals surface area (Å²) >= 11 is 0. The van der Waals surface area contributed by atoms with Crippen molar-refractivity contribution in [2.75, 3.05) is 26.2 Å². The number of amides is 2. The summed E-state index contributed by atoms with van der Waals surface area (Å²) < 4.78 is 13.2. The van der Waals surface area contributed by atoms with Crippen molar-refractivity contribution in [1.29, 1.82) is 0 Å². The number of nitrogens with one attached hydrogen (secondary N) is 1. The predicted octanol–water partition coefficient (Wildman–Crippen LogP) is 2.84. The van der Waals surface area contributed by atoms with Gasteiger partial charge in [-0.1, -0.05) is 19.1 Å². The minimum Gasteiger partial charge on any atom is -0.334 e. The van der Waals surface area contributed by atoms with E-state index in [9.17, 15) is 9.18 Å². The molecule has 2 amide bonds. The Morgan fingerprint density at radius 2 is 2.17 bits per heavy atom. The number of hydrogen-bond acceptors (Lipinski definition) is 2. The molecule has 5 heteroatoms.